The summed E-state index contributed by atoms with van der Waals surface area (Å²) in [6, 6.07) is 10.1. The first-order valence-electron chi connectivity index (χ1n) is 9.50. The molecule has 0 bridgehead atoms. The van der Waals surface area contributed by atoms with E-state index in [-0.39, 0.29) is 23.3 Å². The fourth-order valence-corrected chi connectivity index (χ4v) is 4.63. The van der Waals surface area contributed by atoms with Crippen molar-refractivity contribution in [1.82, 2.24) is 4.90 Å². The van der Waals surface area contributed by atoms with Crippen LogP contribution in [0.1, 0.15) is 35.3 Å². The van der Waals surface area contributed by atoms with Crippen LogP contribution in [0.5, 0.6) is 11.5 Å². The van der Waals surface area contributed by atoms with Gasteiger partial charge in [-0.05, 0) is 89.7 Å². The van der Waals surface area contributed by atoms with Gasteiger partial charge in [0, 0.05) is 6.54 Å². The number of rotatable bonds is 8. The number of halogens is 1. The number of carbonyl (C=O) groups is 3. The van der Waals surface area contributed by atoms with Gasteiger partial charge in [0.05, 0.1) is 20.6 Å². The van der Waals surface area contributed by atoms with Crippen LogP contribution in [0.4, 0.5) is 4.79 Å². The number of likely N-dealkylation sites (N-methyl/N-ethyl adjacent to an activating group) is 1. The summed E-state index contributed by atoms with van der Waals surface area (Å²) in [7, 11) is 0. The lowest BCUT2D eigenvalue weighted by Crippen LogP contribution is -2.27. The third-order valence-electron chi connectivity index (χ3n) is 4.38. The van der Waals surface area contributed by atoms with E-state index in [2.05, 4.69) is 22.6 Å². The van der Waals surface area contributed by atoms with Crippen LogP contribution >= 0.6 is 34.4 Å². The summed E-state index contributed by atoms with van der Waals surface area (Å²) in [6.07, 6.45) is 1.67. The van der Waals surface area contributed by atoms with Gasteiger partial charge in [-0.15, -0.1) is 0 Å². The van der Waals surface area contributed by atoms with Crippen molar-refractivity contribution in [2.24, 2.45) is 0 Å². The Kier molecular flexibility index (Phi) is 7.60. The minimum atomic E-state index is -0.997. The number of thioether (sulfide) groups is 1. The third kappa shape index (κ3) is 5.40. The number of carboxylic acid groups (broad SMARTS) is 1. The Morgan fingerprint density at radius 3 is 2.61 bits per heavy atom. The number of benzene rings is 2. The van der Waals surface area contributed by atoms with Gasteiger partial charge in [-0.25, -0.2) is 4.79 Å². The fourth-order valence-electron chi connectivity index (χ4n) is 2.95. The summed E-state index contributed by atoms with van der Waals surface area (Å²) < 4.78 is 12.5. The van der Waals surface area contributed by atoms with Crippen LogP contribution in [0.25, 0.3) is 6.08 Å². The summed E-state index contributed by atoms with van der Waals surface area (Å²) >= 11 is 3.04. The molecule has 7 nitrogen and oxygen atoms in total. The van der Waals surface area contributed by atoms with Crippen molar-refractivity contribution < 1.29 is 29.0 Å². The molecular formula is C22H20INO6S. The zero-order valence-corrected chi connectivity index (χ0v) is 19.9. The van der Waals surface area contributed by atoms with Crippen LogP contribution in [0.15, 0.2) is 41.3 Å². The first-order valence-corrected chi connectivity index (χ1v) is 11.4. The number of nitrogens with zero attached hydrogens (tertiary/aromatic N) is 1. The lowest BCUT2D eigenvalue weighted by atomic mass is 10.1. The van der Waals surface area contributed by atoms with E-state index in [4.69, 9.17) is 14.6 Å². The van der Waals surface area contributed by atoms with Gasteiger partial charge in [0.1, 0.15) is 6.61 Å². The Morgan fingerprint density at radius 2 is 1.97 bits per heavy atom. The number of ether oxygens (including phenoxy) is 2. The van der Waals surface area contributed by atoms with Crippen LogP contribution in [-0.4, -0.2) is 40.3 Å². The highest BCUT2D eigenvalue weighted by atomic mass is 127. The van der Waals surface area contributed by atoms with E-state index < -0.39 is 5.97 Å². The molecule has 2 aromatic carbocycles. The molecule has 1 aliphatic rings. The van der Waals surface area contributed by atoms with Gasteiger partial charge >= 0.3 is 5.97 Å². The molecule has 0 atom stereocenters. The maximum Gasteiger partial charge on any atom is 0.335 e. The molecule has 0 radical (unpaired) electrons. The van der Waals surface area contributed by atoms with Crippen molar-refractivity contribution in [3.05, 3.63) is 61.6 Å². The summed E-state index contributed by atoms with van der Waals surface area (Å²) in [6.45, 7) is 4.53. The zero-order chi connectivity index (χ0) is 22.5. The molecular weight excluding hydrogens is 533 g/mol. The van der Waals surface area contributed by atoms with Gasteiger partial charge in [0.2, 0.25) is 0 Å². The summed E-state index contributed by atoms with van der Waals surface area (Å²) in [5, 5.41) is 8.87. The number of amides is 2. The number of hydrogen-bond acceptors (Lipinski definition) is 6. The molecule has 1 N–H and O–H groups in total. The summed E-state index contributed by atoms with van der Waals surface area (Å²) in [5.74, 6) is -0.265. The average molecular weight is 553 g/mol. The standard InChI is InChI=1S/C22H20INO6S/c1-3-24-20(25)18(31-22(24)28)11-14-9-16(23)19(17(10-14)29-4-2)30-12-13-6-5-7-15(8-13)21(26)27/h5-11H,3-4,12H2,1-2H3,(H,26,27)/b18-11+. The van der Waals surface area contributed by atoms with Crippen LogP contribution in [0.2, 0.25) is 0 Å². The second kappa shape index (κ2) is 10.2. The molecule has 0 saturated carbocycles. The quantitative estimate of drug-likeness (QED) is 0.363. The Morgan fingerprint density at radius 1 is 1.19 bits per heavy atom. The molecule has 31 heavy (non-hydrogen) atoms. The Balaban J connectivity index is 1.86. The minimum Gasteiger partial charge on any atom is -0.490 e. The van der Waals surface area contributed by atoms with Crippen LogP contribution in [-0.2, 0) is 11.4 Å². The number of imide groups is 1. The van der Waals surface area contributed by atoms with Crippen molar-refractivity contribution in [1.29, 1.82) is 0 Å². The fraction of sp³-hybridized carbons (Fsp3) is 0.227. The number of carbonyl (C=O) groups excluding carboxylic acids is 2. The second-order valence-electron chi connectivity index (χ2n) is 6.48. The van der Waals surface area contributed by atoms with Crippen LogP contribution in [0, 0.1) is 3.57 Å². The second-order valence-corrected chi connectivity index (χ2v) is 8.64. The zero-order valence-electron chi connectivity index (χ0n) is 16.9. The molecule has 2 aromatic rings. The maximum absolute atomic E-state index is 12.4. The molecule has 0 aromatic heterocycles. The highest BCUT2D eigenvalue weighted by Crippen LogP contribution is 2.37. The molecule has 3 rings (SSSR count). The summed E-state index contributed by atoms with van der Waals surface area (Å²) in [5.41, 5.74) is 1.63. The Bertz CT molecular complexity index is 1070. The molecule has 0 aliphatic carbocycles. The van der Waals surface area contributed by atoms with Gasteiger partial charge in [-0.3, -0.25) is 14.5 Å². The van der Waals surface area contributed by atoms with Gasteiger partial charge in [-0.1, -0.05) is 12.1 Å². The van der Waals surface area contributed by atoms with E-state index in [0.717, 1.165) is 26.5 Å². The lowest BCUT2D eigenvalue weighted by Gasteiger charge is -2.15. The summed E-state index contributed by atoms with van der Waals surface area (Å²) in [4.78, 5) is 37.0. The van der Waals surface area contributed by atoms with Crippen LogP contribution in [0.3, 0.4) is 0 Å². The molecule has 0 unspecified atom stereocenters. The van der Waals surface area contributed by atoms with Gasteiger partial charge in [0.15, 0.2) is 11.5 Å². The minimum absolute atomic E-state index is 0.173. The molecule has 1 saturated heterocycles. The molecule has 1 fully saturated rings. The maximum atomic E-state index is 12.4. The largest absolute Gasteiger partial charge is 0.490 e. The van der Waals surface area contributed by atoms with E-state index in [1.54, 1.807) is 37.3 Å². The molecule has 1 aliphatic heterocycles. The van der Waals surface area contributed by atoms with Crippen molar-refractivity contribution in [2.45, 2.75) is 20.5 Å². The van der Waals surface area contributed by atoms with Gasteiger partial charge in [-0.2, -0.15) is 0 Å². The Hall–Kier alpha value is -2.53. The predicted octanol–water partition coefficient (Wildman–Crippen LogP) is 5.02. The van der Waals surface area contributed by atoms with Gasteiger partial charge < -0.3 is 14.6 Å². The van der Waals surface area contributed by atoms with Crippen molar-refractivity contribution in [3.8, 4) is 11.5 Å². The monoisotopic (exact) mass is 553 g/mol. The topological polar surface area (TPSA) is 93.1 Å². The van der Waals surface area contributed by atoms with E-state index in [1.165, 1.54) is 11.0 Å². The van der Waals surface area contributed by atoms with Crippen LogP contribution < -0.4 is 9.47 Å². The van der Waals surface area contributed by atoms with Crippen molar-refractivity contribution in [2.75, 3.05) is 13.2 Å². The number of hydrogen-bond donors (Lipinski definition) is 1. The highest BCUT2D eigenvalue weighted by Gasteiger charge is 2.33. The highest BCUT2D eigenvalue weighted by molar-refractivity contribution is 14.1. The average Bonchev–Trinajstić information content (AvgIpc) is 3.00. The normalized spacial score (nSPS) is 14.9. The Labute approximate surface area is 197 Å². The number of aromatic carboxylic acids is 1. The van der Waals surface area contributed by atoms with Crippen molar-refractivity contribution >= 4 is 57.5 Å². The van der Waals surface area contributed by atoms with E-state index in [1.807, 2.05) is 13.0 Å². The molecule has 1 heterocycles. The molecule has 9 heteroatoms. The van der Waals surface area contributed by atoms with E-state index in [0.29, 0.717) is 29.6 Å². The third-order valence-corrected chi connectivity index (χ3v) is 6.09. The molecule has 0 spiro atoms. The van der Waals surface area contributed by atoms with Gasteiger partial charge in [0.25, 0.3) is 11.1 Å². The first kappa shape index (κ1) is 23.1. The molecule has 162 valence electrons. The van der Waals surface area contributed by atoms with E-state index >= 15 is 0 Å². The van der Waals surface area contributed by atoms with E-state index in [9.17, 15) is 14.4 Å². The first-order chi connectivity index (χ1) is 14.8. The smallest absolute Gasteiger partial charge is 0.335 e. The predicted molar refractivity (Wildman–Crippen MR) is 126 cm³/mol. The SMILES string of the molecule is CCOc1cc(/C=C2/SC(=O)N(CC)C2=O)cc(I)c1OCc1cccc(C(=O)O)c1. The molecule has 2 amide bonds. The van der Waals surface area contributed by atoms with Crippen molar-refractivity contribution in [3.63, 3.8) is 0 Å². The lowest BCUT2D eigenvalue weighted by molar-refractivity contribution is -0.122. The number of carboxylic acids is 1.